The van der Waals surface area contributed by atoms with E-state index < -0.39 is 10.8 Å². The minimum atomic E-state index is -0.688. The Morgan fingerprint density at radius 1 is 0.325 bits per heavy atom. The Morgan fingerprint density at radius 2 is 0.870 bits per heavy atom. The molecule has 0 fully saturated rings. The van der Waals surface area contributed by atoms with Gasteiger partial charge in [0, 0.05) is 33.3 Å². The third-order valence-corrected chi connectivity index (χ3v) is 17.4. The highest BCUT2D eigenvalue weighted by Gasteiger charge is 2.54. The first-order valence-corrected chi connectivity index (χ1v) is 26.7. The molecule has 0 amide bonds. The summed E-state index contributed by atoms with van der Waals surface area (Å²) < 4.78 is 7.14. The van der Waals surface area contributed by atoms with E-state index in [4.69, 9.17) is 4.42 Å². The van der Waals surface area contributed by atoms with Crippen molar-refractivity contribution in [2.45, 2.75) is 10.8 Å². The standard InChI is InChI=1S/C74H46N2O/c1-4-22-47(23-5-1)58-45-59-56-32-20-39-67-71(56)73(48-24-6-2-7-25-48,63-37-17-18-38-66(63)75(67)49-26-8-3-9-27-49)65(59)46-69(58)76(68-40-21-33-57-55-31-13-19-41-70(55)77-72(57)68)50-42-43-54-53-30-12-16-36-62(53)74(64(54)44-50)60-34-14-10-28-51(60)52-29-11-15-35-61(52)74/h1-46H. The molecule has 0 saturated carbocycles. The monoisotopic (exact) mass is 978 g/mol. The van der Waals surface area contributed by atoms with Crippen LogP contribution in [-0.2, 0) is 10.8 Å². The van der Waals surface area contributed by atoms with Gasteiger partial charge in [0.2, 0.25) is 0 Å². The van der Waals surface area contributed by atoms with E-state index in [1.54, 1.807) is 0 Å². The highest BCUT2D eigenvalue weighted by Crippen LogP contribution is 2.67. The Labute approximate surface area is 446 Å². The average Bonchev–Trinajstić information content (AvgIpc) is 4.37. The van der Waals surface area contributed by atoms with E-state index in [9.17, 15) is 0 Å². The molecule has 0 bridgehead atoms. The molecule has 17 rings (SSSR count). The molecule has 3 heteroatoms. The smallest absolute Gasteiger partial charge is 0.159 e. The molecule has 3 nitrogen and oxygen atoms in total. The van der Waals surface area contributed by atoms with Gasteiger partial charge in [-0.1, -0.05) is 218 Å². The van der Waals surface area contributed by atoms with Crippen molar-refractivity contribution < 1.29 is 4.42 Å². The first-order chi connectivity index (χ1) is 38.2. The summed E-state index contributed by atoms with van der Waals surface area (Å²) in [6.07, 6.45) is 0. The van der Waals surface area contributed by atoms with Crippen molar-refractivity contribution in [1.29, 1.82) is 0 Å². The summed E-state index contributed by atoms with van der Waals surface area (Å²) in [5.74, 6) is 0. The van der Waals surface area contributed by atoms with E-state index in [0.29, 0.717) is 0 Å². The lowest BCUT2D eigenvalue weighted by atomic mass is 9.64. The fourth-order valence-corrected chi connectivity index (χ4v) is 14.6. The third-order valence-electron chi connectivity index (χ3n) is 17.4. The van der Waals surface area contributed by atoms with Crippen molar-refractivity contribution in [2.24, 2.45) is 0 Å². The van der Waals surface area contributed by atoms with Crippen LogP contribution in [0, 0.1) is 0 Å². The van der Waals surface area contributed by atoms with E-state index in [0.717, 1.165) is 55.8 Å². The fourth-order valence-electron chi connectivity index (χ4n) is 14.6. The van der Waals surface area contributed by atoms with Gasteiger partial charge in [0.15, 0.2) is 5.58 Å². The number of fused-ring (bicyclic) bond motifs is 18. The van der Waals surface area contributed by atoms with Crippen molar-refractivity contribution >= 4 is 56.1 Å². The summed E-state index contributed by atoms with van der Waals surface area (Å²) >= 11 is 0. The van der Waals surface area contributed by atoms with E-state index >= 15 is 0 Å². The van der Waals surface area contributed by atoms with Crippen LogP contribution in [0.1, 0.15) is 44.5 Å². The SMILES string of the molecule is c1ccc(-c2cc3c(cc2N(c2ccc4c(c2)C2(c5ccccc5-c5ccccc52)c2ccccc2-4)c2cccc4c2oc2ccccc24)C2(c4ccccc4)c4ccccc4N(c4ccccc4)c4cccc-3c42)cc1. The molecule has 1 aliphatic heterocycles. The Bertz CT molecular complexity index is 4530. The molecule has 1 aromatic heterocycles. The van der Waals surface area contributed by atoms with Gasteiger partial charge in [0.25, 0.3) is 0 Å². The first kappa shape index (κ1) is 42.4. The van der Waals surface area contributed by atoms with Gasteiger partial charge < -0.3 is 14.2 Å². The predicted octanol–water partition coefficient (Wildman–Crippen LogP) is 19.2. The number of nitrogens with zero attached hydrogens (tertiary/aromatic N) is 2. The van der Waals surface area contributed by atoms with E-state index in [1.807, 2.05) is 0 Å². The topological polar surface area (TPSA) is 19.6 Å². The first-order valence-electron chi connectivity index (χ1n) is 26.7. The molecular formula is C74H46N2O. The molecule has 0 saturated heterocycles. The number of rotatable bonds is 6. The Kier molecular flexibility index (Phi) is 8.69. The van der Waals surface area contributed by atoms with Gasteiger partial charge in [-0.3, -0.25) is 0 Å². The largest absolute Gasteiger partial charge is 0.454 e. The Balaban J connectivity index is 1.01. The molecule has 3 aliphatic carbocycles. The van der Waals surface area contributed by atoms with Crippen molar-refractivity contribution in [2.75, 3.05) is 9.80 Å². The number of hydrogen-bond acceptors (Lipinski definition) is 3. The van der Waals surface area contributed by atoms with Gasteiger partial charge in [-0.05, 0) is 139 Å². The molecule has 2 heterocycles. The minimum absolute atomic E-state index is 0.543. The zero-order valence-electron chi connectivity index (χ0n) is 41.9. The average molecular weight is 979 g/mol. The Hall–Kier alpha value is -9.96. The highest BCUT2D eigenvalue weighted by molar-refractivity contribution is 6.12. The zero-order valence-corrected chi connectivity index (χ0v) is 41.9. The predicted molar refractivity (Wildman–Crippen MR) is 316 cm³/mol. The molecule has 1 spiro atoms. The van der Waals surface area contributed by atoms with Gasteiger partial charge in [-0.25, -0.2) is 0 Å². The lowest BCUT2D eigenvalue weighted by Gasteiger charge is -2.44. The molecule has 4 aliphatic rings. The van der Waals surface area contributed by atoms with Gasteiger partial charge >= 0.3 is 0 Å². The molecular weight excluding hydrogens is 933 g/mol. The summed E-state index contributed by atoms with van der Waals surface area (Å²) in [6.45, 7) is 0. The lowest BCUT2D eigenvalue weighted by molar-refractivity contribution is 0.669. The van der Waals surface area contributed by atoms with E-state index in [2.05, 4.69) is 289 Å². The van der Waals surface area contributed by atoms with Crippen LogP contribution in [0.2, 0.25) is 0 Å². The van der Waals surface area contributed by atoms with E-state index in [1.165, 1.54) is 89.3 Å². The van der Waals surface area contributed by atoms with Crippen molar-refractivity contribution in [3.63, 3.8) is 0 Å². The molecule has 13 aromatic rings. The maximum absolute atomic E-state index is 7.14. The zero-order chi connectivity index (χ0) is 50.4. The highest BCUT2D eigenvalue weighted by atomic mass is 16.3. The number of benzene rings is 12. The molecule has 0 N–H and O–H groups in total. The lowest BCUT2D eigenvalue weighted by Crippen LogP contribution is -2.36. The van der Waals surface area contributed by atoms with E-state index in [-0.39, 0.29) is 0 Å². The fraction of sp³-hybridized carbons (Fsp3) is 0.0270. The Morgan fingerprint density at radius 3 is 1.60 bits per heavy atom. The summed E-state index contributed by atoms with van der Waals surface area (Å²) in [4.78, 5) is 5.01. The van der Waals surface area contributed by atoms with Crippen LogP contribution in [0.5, 0.6) is 0 Å². The van der Waals surface area contributed by atoms with Crippen molar-refractivity contribution in [3.05, 3.63) is 324 Å². The maximum atomic E-state index is 7.14. The van der Waals surface area contributed by atoms with Gasteiger partial charge in [0.1, 0.15) is 5.58 Å². The maximum Gasteiger partial charge on any atom is 0.159 e. The minimum Gasteiger partial charge on any atom is -0.454 e. The van der Waals surface area contributed by atoms with Gasteiger partial charge in [-0.15, -0.1) is 0 Å². The second-order valence-corrected chi connectivity index (χ2v) is 21.0. The molecule has 0 radical (unpaired) electrons. The number of para-hydroxylation sites is 4. The quantitative estimate of drug-likeness (QED) is 0.166. The third kappa shape index (κ3) is 5.49. The van der Waals surface area contributed by atoms with Crippen LogP contribution in [0.25, 0.3) is 66.4 Å². The molecule has 358 valence electrons. The van der Waals surface area contributed by atoms with Gasteiger partial charge in [-0.2, -0.15) is 0 Å². The summed E-state index contributed by atoms with van der Waals surface area (Å²) in [5, 5.41) is 2.17. The number of furan rings is 1. The molecule has 1 unspecified atom stereocenters. The van der Waals surface area contributed by atoms with Crippen LogP contribution < -0.4 is 9.80 Å². The molecule has 1 atom stereocenters. The van der Waals surface area contributed by atoms with Crippen LogP contribution in [0.15, 0.2) is 283 Å². The van der Waals surface area contributed by atoms with Crippen molar-refractivity contribution in [1.82, 2.24) is 0 Å². The number of anilines is 6. The van der Waals surface area contributed by atoms with Crippen molar-refractivity contribution in [3.8, 4) is 44.5 Å². The van der Waals surface area contributed by atoms with Gasteiger partial charge in [0.05, 0.1) is 33.6 Å². The molecule has 77 heavy (non-hydrogen) atoms. The van der Waals surface area contributed by atoms with Crippen LogP contribution >= 0.6 is 0 Å². The molecule has 12 aromatic carbocycles. The summed E-state index contributed by atoms with van der Waals surface area (Å²) in [5.41, 5.74) is 27.1. The van der Waals surface area contributed by atoms with Crippen LogP contribution in [0.3, 0.4) is 0 Å². The van der Waals surface area contributed by atoms with Crippen LogP contribution in [-0.4, -0.2) is 0 Å². The van der Waals surface area contributed by atoms with Crippen LogP contribution in [0.4, 0.5) is 34.1 Å². The number of hydrogen-bond donors (Lipinski definition) is 0. The summed E-state index contributed by atoms with van der Waals surface area (Å²) in [6, 6.07) is 104. The normalized spacial score (nSPS) is 15.4. The summed E-state index contributed by atoms with van der Waals surface area (Å²) in [7, 11) is 0. The second-order valence-electron chi connectivity index (χ2n) is 21.0. The second kappa shape index (κ2) is 15.8.